The maximum Gasteiger partial charge on any atom is 0.0964 e. The number of rotatable bonds is 4. The lowest BCUT2D eigenvalue weighted by Gasteiger charge is -2.02. The van der Waals surface area contributed by atoms with Gasteiger partial charge in [0.25, 0.3) is 0 Å². The highest BCUT2D eigenvalue weighted by Gasteiger charge is 1.97. The maximum atomic E-state index is 5.80. The van der Waals surface area contributed by atoms with Crippen molar-refractivity contribution in [1.29, 1.82) is 0 Å². The van der Waals surface area contributed by atoms with Gasteiger partial charge < -0.3 is 5.32 Å². The summed E-state index contributed by atoms with van der Waals surface area (Å²) in [5.74, 6) is 0. The van der Waals surface area contributed by atoms with Crippen LogP contribution in [0.1, 0.15) is 11.3 Å². The summed E-state index contributed by atoms with van der Waals surface area (Å²) in [5.41, 5.74) is 2.14. The molecule has 0 aliphatic carbocycles. The van der Waals surface area contributed by atoms with Gasteiger partial charge in [-0.2, -0.15) is 0 Å². The van der Waals surface area contributed by atoms with Crippen molar-refractivity contribution in [2.75, 3.05) is 0 Å². The van der Waals surface area contributed by atoms with Crippen LogP contribution in [0.15, 0.2) is 30.5 Å². The first kappa shape index (κ1) is 11.1. The standard InChI is InChI=1S/C11H13ClN4/c1-16-8-11(14-15-16)7-13-6-9-2-4-10(12)5-3-9/h2-5,8,13H,6-7H2,1H3. The summed E-state index contributed by atoms with van der Waals surface area (Å²) in [6.07, 6.45) is 1.90. The Morgan fingerprint density at radius 1 is 1.25 bits per heavy atom. The van der Waals surface area contributed by atoms with Gasteiger partial charge in [0.15, 0.2) is 0 Å². The van der Waals surface area contributed by atoms with E-state index in [1.165, 1.54) is 5.56 Å². The number of aromatic nitrogens is 3. The summed E-state index contributed by atoms with van der Waals surface area (Å²) in [6, 6.07) is 7.79. The first-order chi connectivity index (χ1) is 7.74. The Hall–Kier alpha value is -1.39. The van der Waals surface area contributed by atoms with Crippen LogP contribution in [0.4, 0.5) is 0 Å². The molecule has 0 aliphatic rings. The third-order valence-electron chi connectivity index (χ3n) is 2.20. The second kappa shape index (κ2) is 5.09. The predicted octanol–water partition coefficient (Wildman–Crippen LogP) is 1.76. The molecule has 0 aliphatic heterocycles. The molecule has 0 unspecified atom stereocenters. The number of nitrogens with one attached hydrogen (secondary N) is 1. The van der Waals surface area contributed by atoms with Gasteiger partial charge in [-0.25, -0.2) is 0 Å². The van der Waals surface area contributed by atoms with Crippen LogP contribution in [-0.2, 0) is 20.1 Å². The van der Waals surface area contributed by atoms with Gasteiger partial charge in [-0.05, 0) is 17.7 Å². The number of hydrogen-bond acceptors (Lipinski definition) is 3. The topological polar surface area (TPSA) is 42.7 Å². The van der Waals surface area contributed by atoms with Crippen LogP contribution in [0.5, 0.6) is 0 Å². The molecule has 0 atom stereocenters. The van der Waals surface area contributed by atoms with E-state index in [9.17, 15) is 0 Å². The van der Waals surface area contributed by atoms with Crippen LogP contribution < -0.4 is 5.32 Å². The monoisotopic (exact) mass is 236 g/mol. The molecular weight excluding hydrogens is 224 g/mol. The molecule has 1 N–H and O–H groups in total. The lowest BCUT2D eigenvalue weighted by molar-refractivity contribution is 0.674. The number of aryl methyl sites for hydroxylation is 1. The normalized spacial score (nSPS) is 10.6. The fourth-order valence-electron chi connectivity index (χ4n) is 1.41. The molecule has 1 aromatic heterocycles. The number of halogens is 1. The van der Waals surface area contributed by atoms with Crippen LogP contribution in [-0.4, -0.2) is 15.0 Å². The average molecular weight is 237 g/mol. The smallest absolute Gasteiger partial charge is 0.0964 e. The highest BCUT2D eigenvalue weighted by molar-refractivity contribution is 6.30. The summed E-state index contributed by atoms with van der Waals surface area (Å²) >= 11 is 5.80. The minimum absolute atomic E-state index is 0.719. The summed E-state index contributed by atoms with van der Waals surface area (Å²) in [4.78, 5) is 0. The molecule has 5 heteroatoms. The minimum Gasteiger partial charge on any atom is -0.307 e. The summed E-state index contributed by atoms with van der Waals surface area (Å²) in [5, 5.41) is 11.9. The Kier molecular flexibility index (Phi) is 3.54. The lowest BCUT2D eigenvalue weighted by atomic mass is 10.2. The number of benzene rings is 1. The van der Waals surface area contributed by atoms with E-state index in [1.807, 2.05) is 37.5 Å². The van der Waals surface area contributed by atoms with Crippen LogP contribution in [0.2, 0.25) is 5.02 Å². The molecule has 0 amide bonds. The molecule has 0 saturated carbocycles. The Morgan fingerprint density at radius 2 is 2.00 bits per heavy atom. The SMILES string of the molecule is Cn1cc(CNCc2ccc(Cl)cc2)nn1. The molecule has 16 heavy (non-hydrogen) atoms. The molecule has 0 saturated heterocycles. The Bertz CT molecular complexity index is 449. The van der Waals surface area contributed by atoms with Crippen LogP contribution >= 0.6 is 11.6 Å². The zero-order valence-corrected chi connectivity index (χ0v) is 9.78. The number of nitrogens with zero attached hydrogens (tertiary/aromatic N) is 3. The van der Waals surface area contributed by atoms with Crippen molar-refractivity contribution in [3.63, 3.8) is 0 Å². The fraction of sp³-hybridized carbons (Fsp3) is 0.273. The summed E-state index contributed by atoms with van der Waals surface area (Å²) in [6.45, 7) is 1.52. The molecule has 1 aromatic carbocycles. The van der Waals surface area contributed by atoms with Gasteiger partial charge in [-0.3, -0.25) is 4.68 Å². The van der Waals surface area contributed by atoms with Gasteiger partial charge in [0, 0.05) is 31.4 Å². The maximum absolute atomic E-state index is 5.80. The largest absolute Gasteiger partial charge is 0.307 e. The second-order valence-electron chi connectivity index (χ2n) is 3.61. The van der Waals surface area contributed by atoms with Crippen molar-refractivity contribution in [3.05, 3.63) is 46.7 Å². The van der Waals surface area contributed by atoms with Crippen molar-refractivity contribution in [3.8, 4) is 0 Å². The Labute approximate surface area is 99.2 Å². The van der Waals surface area contributed by atoms with Crippen LogP contribution in [0.3, 0.4) is 0 Å². The van der Waals surface area contributed by atoms with Crippen molar-refractivity contribution in [2.24, 2.45) is 7.05 Å². The van der Waals surface area contributed by atoms with E-state index in [0.29, 0.717) is 0 Å². The lowest BCUT2D eigenvalue weighted by Crippen LogP contribution is -2.12. The van der Waals surface area contributed by atoms with E-state index < -0.39 is 0 Å². The second-order valence-corrected chi connectivity index (χ2v) is 4.05. The predicted molar refractivity (Wildman–Crippen MR) is 63.0 cm³/mol. The molecule has 0 radical (unpaired) electrons. The third-order valence-corrected chi connectivity index (χ3v) is 2.45. The first-order valence-electron chi connectivity index (χ1n) is 5.04. The van der Waals surface area contributed by atoms with Crippen molar-refractivity contribution in [2.45, 2.75) is 13.1 Å². The van der Waals surface area contributed by atoms with Crippen molar-refractivity contribution in [1.82, 2.24) is 20.3 Å². The van der Waals surface area contributed by atoms with Gasteiger partial charge in [0.05, 0.1) is 5.69 Å². The molecule has 2 aromatic rings. The molecule has 0 fully saturated rings. The van der Waals surface area contributed by atoms with Crippen molar-refractivity contribution < 1.29 is 0 Å². The average Bonchev–Trinajstić information content (AvgIpc) is 2.67. The van der Waals surface area contributed by atoms with Gasteiger partial charge in [0.2, 0.25) is 0 Å². The van der Waals surface area contributed by atoms with E-state index in [0.717, 1.165) is 23.8 Å². The van der Waals surface area contributed by atoms with E-state index in [1.54, 1.807) is 4.68 Å². The molecule has 84 valence electrons. The van der Waals surface area contributed by atoms with Crippen LogP contribution in [0.25, 0.3) is 0 Å². The third kappa shape index (κ3) is 3.05. The van der Waals surface area contributed by atoms with Crippen molar-refractivity contribution >= 4 is 11.6 Å². The quantitative estimate of drug-likeness (QED) is 0.880. The van der Waals surface area contributed by atoms with Gasteiger partial charge in [-0.15, -0.1) is 5.10 Å². The molecule has 1 heterocycles. The highest BCUT2D eigenvalue weighted by atomic mass is 35.5. The zero-order chi connectivity index (χ0) is 11.4. The Balaban J connectivity index is 1.82. The molecule has 2 rings (SSSR count). The fourth-order valence-corrected chi connectivity index (χ4v) is 1.54. The van der Waals surface area contributed by atoms with E-state index in [2.05, 4.69) is 15.6 Å². The van der Waals surface area contributed by atoms with E-state index >= 15 is 0 Å². The highest BCUT2D eigenvalue weighted by Crippen LogP contribution is 2.09. The molecular formula is C11H13ClN4. The summed E-state index contributed by atoms with van der Waals surface area (Å²) in [7, 11) is 1.86. The molecule has 0 bridgehead atoms. The van der Waals surface area contributed by atoms with Gasteiger partial charge in [-0.1, -0.05) is 28.9 Å². The first-order valence-corrected chi connectivity index (χ1v) is 5.42. The summed E-state index contributed by atoms with van der Waals surface area (Å²) < 4.78 is 1.69. The minimum atomic E-state index is 0.719. The van der Waals surface area contributed by atoms with Gasteiger partial charge >= 0.3 is 0 Å². The Morgan fingerprint density at radius 3 is 2.62 bits per heavy atom. The zero-order valence-electron chi connectivity index (χ0n) is 9.02. The molecule has 0 spiro atoms. The number of hydrogen-bond donors (Lipinski definition) is 1. The van der Waals surface area contributed by atoms with Gasteiger partial charge in [0.1, 0.15) is 0 Å². The van der Waals surface area contributed by atoms with E-state index in [4.69, 9.17) is 11.6 Å². The molecule has 4 nitrogen and oxygen atoms in total. The van der Waals surface area contributed by atoms with Crippen LogP contribution in [0, 0.1) is 0 Å². The van der Waals surface area contributed by atoms with E-state index in [-0.39, 0.29) is 0 Å².